The molecule has 0 aliphatic rings. The van der Waals surface area contributed by atoms with Crippen LogP contribution in [-0.2, 0) is 0 Å². The highest BCUT2D eigenvalue weighted by atomic mass is 16.3. The maximum absolute atomic E-state index is 6.87. The van der Waals surface area contributed by atoms with Crippen molar-refractivity contribution in [3.05, 3.63) is 259 Å². The summed E-state index contributed by atoms with van der Waals surface area (Å²) >= 11 is 0. The fourth-order valence-electron chi connectivity index (χ4n) is 10.7. The van der Waals surface area contributed by atoms with Crippen molar-refractivity contribution < 1.29 is 8.83 Å². The second-order valence-electron chi connectivity index (χ2n) is 19.7. The molecule has 14 aromatic rings. The first-order valence-corrected chi connectivity index (χ1v) is 26.1. The monoisotopic (exact) mass is 967 g/mol. The highest BCUT2D eigenvalue weighted by Crippen LogP contribution is 2.44. The van der Waals surface area contributed by atoms with Crippen LogP contribution in [0.4, 0.5) is 0 Å². The van der Waals surface area contributed by atoms with Gasteiger partial charge in [0.05, 0.1) is 11.0 Å². The van der Waals surface area contributed by atoms with Gasteiger partial charge < -0.3 is 13.4 Å². The molecule has 0 N–H and O–H groups in total. The number of benzene rings is 11. The molecule has 11 aromatic carbocycles. The Bertz CT molecular complexity index is 4350. The second kappa shape index (κ2) is 20.0. The van der Waals surface area contributed by atoms with E-state index in [4.69, 9.17) is 8.83 Å². The average Bonchev–Trinajstić information content (AvgIpc) is 4.20. The zero-order valence-electron chi connectivity index (χ0n) is 43.1. The number of rotatable bonds is 6. The zero-order chi connectivity index (χ0) is 51.0. The molecule has 0 unspecified atom stereocenters. The smallest absolute Gasteiger partial charge is 0.143 e. The van der Waals surface area contributed by atoms with Crippen molar-refractivity contribution in [1.29, 1.82) is 0 Å². The van der Waals surface area contributed by atoms with E-state index in [2.05, 4.69) is 264 Å². The van der Waals surface area contributed by atoms with E-state index in [0.29, 0.717) is 0 Å². The summed E-state index contributed by atoms with van der Waals surface area (Å²) < 4.78 is 16.1. The first-order valence-electron chi connectivity index (χ1n) is 26.1. The normalized spacial score (nSPS) is 11.3. The van der Waals surface area contributed by atoms with Gasteiger partial charge in [-0.25, -0.2) is 0 Å². The van der Waals surface area contributed by atoms with Crippen LogP contribution in [0.15, 0.2) is 251 Å². The van der Waals surface area contributed by atoms with Crippen LogP contribution in [0.1, 0.15) is 37.0 Å². The standard InChI is InChI=1S/C62H41NO2.C7H8.C3H8/c1-38-24-26-42(40-14-6-3-7-15-40)32-51(38)52-34-44(27-25-39(52)2)47-20-12-22-49-55-36-56-50-23-13-21-48(62(50)65-60(56)37-59(55)64-61(47)49)45-29-31-58-54(35-45)53-33-43(41-16-8-4-9-17-41)28-30-57(53)63(58)46-18-10-5-11-19-46;1-7-5-3-2-4-6-7;1-3-2/h3-37H,1-2H3;2-6H,1H3;3H2,1-2H3. The predicted octanol–water partition coefficient (Wildman–Crippen LogP) is 20.9. The SMILES string of the molecule is CCC.Cc1ccc(-c2ccccc2)cc1-c1cc(-c2cccc3c2oc2cc4oc5c(-c6ccc7c(c6)c6cc(-c8ccccc8)ccc6n7-c6ccccc6)cccc5c4cc23)ccc1C.Cc1ccccc1. The van der Waals surface area contributed by atoms with Crippen molar-refractivity contribution in [3.63, 3.8) is 0 Å². The lowest BCUT2D eigenvalue weighted by molar-refractivity contribution is 0.657. The first-order chi connectivity index (χ1) is 36.8. The molecule has 0 fully saturated rings. The average molecular weight is 968 g/mol. The molecule has 0 spiro atoms. The summed E-state index contributed by atoms with van der Waals surface area (Å²) in [6.45, 7) is 10.7. The number of para-hydroxylation sites is 3. The van der Waals surface area contributed by atoms with Gasteiger partial charge in [0, 0.05) is 55.2 Å². The molecule has 3 aromatic heterocycles. The first kappa shape index (κ1) is 46.9. The third-order valence-electron chi connectivity index (χ3n) is 14.4. The van der Waals surface area contributed by atoms with Gasteiger partial charge in [-0.1, -0.05) is 208 Å². The molecule has 3 nitrogen and oxygen atoms in total. The van der Waals surface area contributed by atoms with E-state index in [1.165, 1.54) is 72.8 Å². The van der Waals surface area contributed by atoms with E-state index in [0.717, 1.165) is 77.3 Å². The van der Waals surface area contributed by atoms with Crippen LogP contribution in [0.2, 0.25) is 0 Å². The van der Waals surface area contributed by atoms with Crippen LogP contribution in [-0.4, -0.2) is 4.57 Å². The second-order valence-corrected chi connectivity index (χ2v) is 19.7. The summed E-state index contributed by atoms with van der Waals surface area (Å²) in [5.41, 5.74) is 22.3. The third-order valence-corrected chi connectivity index (χ3v) is 14.4. The van der Waals surface area contributed by atoms with E-state index in [9.17, 15) is 0 Å². The van der Waals surface area contributed by atoms with Crippen molar-refractivity contribution in [2.24, 2.45) is 0 Å². The lowest BCUT2D eigenvalue weighted by Gasteiger charge is -2.14. The van der Waals surface area contributed by atoms with Gasteiger partial charge in [0.15, 0.2) is 0 Å². The van der Waals surface area contributed by atoms with E-state index in [1.54, 1.807) is 0 Å². The van der Waals surface area contributed by atoms with Gasteiger partial charge in [-0.3, -0.25) is 0 Å². The molecule has 0 aliphatic heterocycles. The molecule has 0 radical (unpaired) electrons. The molecule has 3 heterocycles. The van der Waals surface area contributed by atoms with Crippen molar-refractivity contribution in [2.75, 3.05) is 0 Å². The molecule has 0 atom stereocenters. The maximum atomic E-state index is 6.87. The van der Waals surface area contributed by atoms with Gasteiger partial charge >= 0.3 is 0 Å². The van der Waals surface area contributed by atoms with Gasteiger partial charge in [-0.15, -0.1) is 0 Å². The minimum Gasteiger partial charge on any atom is -0.455 e. The Morgan fingerprint density at radius 2 is 0.720 bits per heavy atom. The van der Waals surface area contributed by atoms with Crippen LogP contribution in [0.3, 0.4) is 0 Å². The number of hydrogen-bond acceptors (Lipinski definition) is 2. The molecular formula is C72H57NO2. The van der Waals surface area contributed by atoms with Crippen LogP contribution in [0, 0.1) is 20.8 Å². The molecule has 0 saturated carbocycles. The Morgan fingerprint density at radius 3 is 1.23 bits per heavy atom. The summed E-state index contributed by atoms with van der Waals surface area (Å²) in [6, 6.07) is 86.7. The van der Waals surface area contributed by atoms with Gasteiger partial charge in [0.2, 0.25) is 0 Å². The van der Waals surface area contributed by atoms with Crippen molar-refractivity contribution in [1.82, 2.24) is 4.57 Å². The lowest BCUT2D eigenvalue weighted by Crippen LogP contribution is -1.93. The Hall–Kier alpha value is -9.18. The summed E-state index contributed by atoms with van der Waals surface area (Å²) in [5.74, 6) is 0. The molecule has 0 saturated heterocycles. The van der Waals surface area contributed by atoms with Crippen LogP contribution >= 0.6 is 0 Å². The lowest BCUT2D eigenvalue weighted by atomic mass is 9.90. The predicted molar refractivity (Wildman–Crippen MR) is 319 cm³/mol. The molecular weight excluding hydrogens is 911 g/mol. The minimum absolute atomic E-state index is 0.807. The van der Waals surface area contributed by atoms with Crippen molar-refractivity contribution in [3.8, 4) is 61.3 Å². The summed E-state index contributed by atoms with van der Waals surface area (Å²) in [7, 11) is 0. The number of aromatic nitrogens is 1. The number of furan rings is 2. The Balaban J connectivity index is 0.000000518. The maximum Gasteiger partial charge on any atom is 0.143 e. The van der Waals surface area contributed by atoms with Crippen molar-refractivity contribution >= 4 is 65.7 Å². The summed E-state index contributed by atoms with van der Waals surface area (Å²) in [6.07, 6.45) is 1.25. The Labute approximate surface area is 438 Å². The van der Waals surface area contributed by atoms with Crippen LogP contribution in [0.25, 0.3) is 127 Å². The topological polar surface area (TPSA) is 31.2 Å². The molecule has 362 valence electrons. The molecule has 0 amide bonds. The minimum atomic E-state index is 0.807. The van der Waals surface area contributed by atoms with E-state index < -0.39 is 0 Å². The number of aryl methyl sites for hydroxylation is 3. The third kappa shape index (κ3) is 8.77. The largest absolute Gasteiger partial charge is 0.455 e. The van der Waals surface area contributed by atoms with Gasteiger partial charge in [-0.2, -0.15) is 0 Å². The van der Waals surface area contributed by atoms with E-state index in [1.807, 2.05) is 18.2 Å². The van der Waals surface area contributed by atoms with E-state index >= 15 is 0 Å². The van der Waals surface area contributed by atoms with Gasteiger partial charge in [0.25, 0.3) is 0 Å². The van der Waals surface area contributed by atoms with Crippen molar-refractivity contribution in [2.45, 2.75) is 41.0 Å². The fourth-order valence-corrected chi connectivity index (χ4v) is 10.7. The summed E-state index contributed by atoms with van der Waals surface area (Å²) in [5, 5.41) is 6.73. The number of nitrogens with zero attached hydrogens (tertiary/aromatic N) is 1. The quantitative estimate of drug-likeness (QED) is 0.166. The highest BCUT2D eigenvalue weighted by molar-refractivity contribution is 6.19. The fraction of sp³-hybridized carbons (Fsp3) is 0.0833. The molecule has 0 aliphatic carbocycles. The number of fused-ring (bicyclic) bond motifs is 9. The van der Waals surface area contributed by atoms with E-state index in [-0.39, 0.29) is 0 Å². The number of hydrogen-bond donors (Lipinski definition) is 0. The summed E-state index contributed by atoms with van der Waals surface area (Å²) in [4.78, 5) is 0. The van der Waals surface area contributed by atoms with Gasteiger partial charge in [-0.05, 0) is 131 Å². The molecule has 14 rings (SSSR count). The molecule has 75 heavy (non-hydrogen) atoms. The molecule has 0 bridgehead atoms. The zero-order valence-corrected chi connectivity index (χ0v) is 43.1. The highest BCUT2D eigenvalue weighted by Gasteiger charge is 2.20. The van der Waals surface area contributed by atoms with Crippen LogP contribution < -0.4 is 0 Å². The Kier molecular flexibility index (Phi) is 12.5. The van der Waals surface area contributed by atoms with Crippen LogP contribution in [0.5, 0.6) is 0 Å². The Morgan fingerprint density at radius 1 is 0.307 bits per heavy atom. The molecule has 3 heteroatoms. The van der Waals surface area contributed by atoms with Gasteiger partial charge in [0.1, 0.15) is 22.3 Å².